The highest BCUT2D eigenvalue weighted by molar-refractivity contribution is 5.55. The van der Waals surface area contributed by atoms with Gasteiger partial charge in [0.25, 0.3) is 0 Å². The van der Waals surface area contributed by atoms with E-state index in [0.29, 0.717) is 0 Å². The van der Waals surface area contributed by atoms with Crippen molar-refractivity contribution >= 4 is 11.6 Å². The van der Waals surface area contributed by atoms with E-state index in [-0.39, 0.29) is 0 Å². The zero-order valence-electron chi connectivity index (χ0n) is 6.97. The van der Waals surface area contributed by atoms with Gasteiger partial charge in [0.2, 0.25) is 0 Å². The zero-order valence-corrected chi connectivity index (χ0v) is 6.97. The quantitative estimate of drug-likeness (QED) is 0.660. The minimum atomic E-state index is 0.865. The van der Waals surface area contributed by atoms with Crippen molar-refractivity contribution in [2.45, 2.75) is 6.92 Å². The van der Waals surface area contributed by atoms with E-state index in [4.69, 9.17) is 0 Å². The van der Waals surface area contributed by atoms with Crippen molar-refractivity contribution in [2.24, 2.45) is 0 Å². The molecule has 4 heteroatoms. The molecule has 60 valence electrons. The smallest absolute Gasteiger partial charge is 0.134 e. The van der Waals surface area contributed by atoms with Gasteiger partial charge in [-0.2, -0.15) is 0 Å². The van der Waals surface area contributed by atoms with E-state index in [0.717, 1.165) is 17.2 Å². The molecule has 4 nitrogen and oxygen atoms in total. The molecule has 0 radical (unpaired) electrons. The van der Waals surface area contributed by atoms with Gasteiger partial charge in [-0.1, -0.05) is 0 Å². The van der Waals surface area contributed by atoms with Crippen LogP contribution < -0.4 is 10.6 Å². The maximum absolute atomic E-state index is 4.04. The van der Waals surface area contributed by atoms with Crippen LogP contribution in [0, 0.1) is 6.92 Å². The second kappa shape index (κ2) is 3.18. The Bertz CT molecular complexity index is 224. The highest BCUT2D eigenvalue weighted by atomic mass is 15.0. The van der Waals surface area contributed by atoms with E-state index in [2.05, 4.69) is 20.6 Å². The molecule has 11 heavy (non-hydrogen) atoms. The van der Waals surface area contributed by atoms with Crippen LogP contribution in [0.4, 0.5) is 11.6 Å². The van der Waals surface area contributed by atoms with Crippen molar-refractivity contribution in [1.82, 2.24) is 9.97 Å². The van der Waals surface area contributed by atoms with Gasteiger partial charge in [-0.3, -0.25) is 0 Å². The molecule has 0 aliphatic carbocycles. The first-order chi connectivity index (χ1) is 5.29. The number of hydrogen-bond donors (Lipinski definition) is 2. The fraction of sp³-hybridized carbons (Fsp3) is 0.429. The largest absolute Gasteiger partial charge is 0.373 e. The normalized spacial score (nSPS) is 9.36. The standard InChI is InChI=1S/C7H12N4/c1-5-6(8-2)10-4-11-7(5)9-3/h4H,1-3H3,(H2,8,9,10,11). The average molecular weight is 152 g/mol. The van der Waals surface area contributed by atoms with Crippen molar-refractivity contribution in [3.8, 4) is 0 Å². The fourth-order valence-electron chi connectivity index (χ4n) is 0.954. The maximum Gasteiger partial charge on any atom is 0.134 e. The minimum Gasteiger partial charge on any atom is -0.373 e. The summed E-state index contributed by atoms with van der Waals surface area (Å²) in [6.45, 7) is 1.97. The lowest BCUT2D eigenvalue weighted by molar-refractivity contribution is 1.12. The third-order valence-corrected chi connectivity index (χ3v) is 1.56. The molecule has 0 aliphatic heterocycles. The van der Waals surface area contributed by atoms with Crippen LogP contribution >= 0.6 is 0 Å². The van der Waals surface area contributed by atoms with Crippen LogP contribution in [0.5, 0.6) is 0 Å². The van der Waals surface area contributed by atoms with Gasteiger partial charge < -0.3 is 10.6 Å². The van der Waals surface area contributed by atoms with E-state index < -0.39 is 0 Å². The Hall–Kier alpha value is -1.32. The molecular weight excluding hydrogens is 140 g/mol. The van der Waals surface area contributed by atoms with Gasteiger partial charge in [-0.15, -0.1) is 0 Å². The molecule has 1 aromatic rings. The van der Waals surface area contributed by atoms with Crippen LogP contribution in [0.15, 0.2) is 6.33 Å². The predicted molar refractivity (Wildman–Crippen MR) is 45.9 cm³/mol. The van der Waals surface area contributed by atoms with Crippen molar-refractivity contribution in [3.05, 3.63) is 11.9 Å². The molecule has 0 saturated heterocycles. The number of anilines is 2. The Morgan fingerprint density at radius 1 is 1.09 bits per heavy atom. The molecule has 0 spiro atoms. The maximum atomic E-state index is 4.04. The number of nitrogens with zero attached hydrogens (tertiary/aromatic N) is 2. The zero-order chi connectivity index (χ0) is 8.27. The summed E-state index contributed by atoms with van der Waals surface area (Å²) in [4.78, 5) is 8.09. The topological polar surface area (TPSA) is 49.8 Å². The van der Waals surface area contributed by atoms with Gasteiger partial charge in [0.1, 0.15) is 18.0 Å². The third kappa shape index (κ3) is 1.39. The first-order valence-electron chi connectivity index (χ1n) is 3.46. The first-order valence-corrected chi connectivity index (χ1v) is 3.46. The van der Waals surface area contributed by atoms with Crippen molar-refractivity contribution in [1.29, 1.82) is 0 Å². The summed E-state index contributed by atoms with van der Waals surface area (Å²) < 4.78 is 0. The molecular formula is C7H12N4. The van der Waals surface area contributed by atoms with Crippen molar-refractivity contribution in [2.75, 3.05) is 24.7 Å². The van der Waals surface area contributed by atoms with Crippen LogP contribution in [0.25, 0.3) is 0 Å². The Balaban J connectivity index is 3.10. The molecule has 0 amide bonds. The van der Waals surface area contributed by atoms with Gasteiger partial charge in [0.15, 0.2) is 0 Å². The fourth-order valence-corrected chi connectivity index (χ4v) is 0.954. The second-order valence-corrected chi connectivity index (χ2v) is 2.20. The molecule has 0 bridgehead atoms. The third-order valence-electron chi connectivity index (χ3n) is 1.56. The lowest BCUT2D eigenvalue weighted by Crippen LogP contribution is -2.01. The predicted octanol–water partition coefficient (Wildman–Crippen LogP) is 0.868. The van der Waals surface area contributed by atoms with Gasteiger partial charge in [0.05, 0.1) is 0 Å². The second-order valence-electron chi connectivity index (χ2n) is 2.20. The molecule has 2 N–H and O–H groups in total. The average Bonchev–Trinajstić information content (AvgIpc) is 2.05. The van der Waals surface area contributed by atoms with Crippen LogP contribution in [-0.2, 0) is 0 Å². The van der Waals surface area contributed by atoms with Gasteiger partial charge in [0, 0.05) is 19.7 Å². The van der Waals surface area contributed by atoms with E-state index in [9.17, 15) is 0 Å². The number of aromatic nitrogens is 2. The van der Waals surface area contributed by atoms with Crippen LogP contribution in [0.2, 0.25) is 0 Å². The van der Waals surface area contributed by atoms with Gasteiger partial charge >= 0.3 is 0 Å². The van der Waals surface area contributed by atoms with Crippen molar-refractivity contribution in [3.63, 3.8) is 0 Å². The molecule has 0 saturated carbocycles. The van der Waals surface area contributed by atoms with Gasteiger partial charge in [-0.05, 0) is 6.92 Å². The molecule has 0 aliphatic rings. The molecule has 0 aromatic carbocycles. The summed E-state index contributed by atoms with van der Waals surface area (Å²) in [5, 5.41) is 5.96. The summed E-state index contributed by atoms with van der Waals surface area (Å²) in [7, 11) is 3.68. The summed E-state index contributed by atoms with van der Waals surface area (Å²) >= 11 is 0. The van der Waals surface area contributed by atoms with Crippen LogP contribution in [-0.4, -0.2) is 24.1 Å². The Kier molecular flexibility index (Phi) is 2.25. The van der Waals surface area contributed by atoms with E-state index in [1.165, 1.54) is 6.33 Å². The molecule has 1 heterocycles. The van der Waals surface area contributed by atoms with E-state index in [1.807, 2.05) is 21.0 Å². The van der Waals surface area contributed by atoms with Gasteiger partial charge in [-0.25, -0.2) is 9.97 Å². The minimum absolute atomic E-state index is 0.865. The van der Waals surface area contributed by atoms with Crippen LogP contribution in [0.3, 0.4) is 0 Å². The summed E-state index contributed by atoms with van der Waals surface area (Å²) in [6.07, 6.45) is 1.53. The van der Waals surface area contributed by atoms with Crippen LogP contribution in [0.1, 0.15) is 5.56 Å². The monoisotopic (exact) mass is 152 g/mol. The number of rotatable bonds is 2. The SMILES string of the molecule is CNc1ncnc(NC)c1C. The summed E-state index contributed by atoms with van der Waals surface area (Å²) in [5.74, 6) is 1.73. The highest BCUT2D eigenvalue weighted by Gasteiger charge is 2.01. The Labute approximate surface area is 66.1 Å². The summed E-state index contributed by atoms with van der Waals surface area (Å²) in [6, 6.07) is 0. The summed E-state index contributed by atoms with van der Waals surface area (Å²) in [5.41, 5.74) is 1.04. The highest BCUT2D eigenvalue weighted by Crippen LogP contribution is 2.15. The van der Waals surface area contributed by atoms with E-state index in [1.54, 1.807) is 0 Å². The van der Waals surface area contributed by atoms with Crippen molar-refractivity contribution < 1.29 is 0 Å². The van der Waals surface area contributed by atoms with E-state index >= 15 is 0 Å². The molecule has 0 unspecified atom stereocenters. The lowest BCUT2D eigenvalue weighted by atomic mass is 10.3. The number of nitrogens with one attached hydrogen (secondary N) is 2. The molecule has 0 fully saturated rings. The molecule has 1 aromatic heterocycles. The number of hydrogen-bond acceptors (Lipinski definition) is 4. The molecule has 1 rings (SSSR count). The Morgan fingerprint density at radius 3 is 1.91 bits per heavy atom. The molecule has 0 atom stereocenters. The Morgan fingerprint density at radius 2 is 1.55 bits per heavy atom. The first kappa shape index (κ1) is 7.78. The lowest BCUT2D eigenvalue weighted by Gasteiger charge is -2.06.